The van der Waals surface area contributed by atoms with Crippen LogP contribution in [-0.4, -0.2) is 47.6 Å². The van der Waals surface area contributed by atoms with Gasteiger partial charge in [-0.25, -0.2) is 0 Å². The summed E-state index contributed by atoms with van der Waals surface area (Å²) in [5.74, 6) is 1.00. The van der Waals surface area contributed by atoms with Gasteiger partial charge < -0.3 is 0 Å². The van der Waals surface area contributed by atoms with E-state index in [1.165, 1.54) is 58.2 Å². The maximum absolute atomic E-state index is 2.76. The van der Waals surface area contributed by atoms with Crippen LogP contribution < -0.4 is 0 Å². The van der Waals surface area contributed by atoms with E-state index >= 15 is 0 Å². The molecule has 2 heteroatoms. The van der Waals surface area contributed by atoms with Gasteiger partial charge in [0.2, 0.25) is 0 Å². The average Bonchev–Trinajstić information content (AvgIpc) is 2.43. The highest BCUT2D eigenvalue weighted by Crippen LogP contribution is 2.32. The first kappa shape index (κ1) is 15.3. The van der Waals surface area contributed by atoms with Gasteiger partial charge in [0.25, 0.3) is 0 Å². The molecule has 3 unspecified atom stereocenters. The number of likely N-dealkylation sites (N-methyl/N-ethyl adjacent to an activating group) is 2. The molecule has 1 saturated carbocycles. The Labute approximate surface area is 120 Å². The first-order valence-electron chi connectivity index (χ1n) is 8.67. The topological polar surface area (TPSA) is 6.48 Å². The lowest BCUT2D eigenvalue weighted by Crippen LogP contribution is -2.62. The maximum atomic E-state index is 2.76. The Morgan fingerprint density at radius 1 is 0.947 bits per heavy atom. The number of hydrogen-bond acceptors (Lipinski definition) is 2. The van der Waals surface area contributed by atoms with Crippen LogP contribution in [0.15, 0.2) is 0 Å². The number of piperazine rings is 1. The van der Waals surface area contributed by atoms with E-state index in [1.807, 2.05) is 0 Å². The van der Waals surface area contributed by atoms with Crippen LogP contribution in [0.5, 0.6) is 0 Å². The fraction of sp³-hybridized carbons (Fsp3) is 1.00. The van der Waals surface area contributed by atoms with Crippen molar-refractivity contribution in [3.63, 3.8) is 0 Å². The fourth-order valence-electron chi connectivity index (χ4n) is 4.58. The van der Waals surface area contributed by atoms with Crippen molar-refractivity contribution in [2.75, 3.05) is 19.6 Å². The van der Waals surface area contributed by atoms with Crippen molar-refractivity contribution < 1.29 is 0 Å². The first-order chi connectivity index (χ1) is 9.17. The van der Waals surface area contributed by atoms with Crippen LogP contribution in [0.3, 0.4) is 0 Å². The zero-order chi connectivity index (χ0) is 13.8. The van der Waals surface area contributed by atoms with E-state index in [4.69, 9.17) is 0 Å². The molecule has 0 amide bonds. The SMILES string of the molecule is CCN1CC(C)N(CC)C(C)C1CC1CCCCC1. The van der Waals surface area contributed by atoms with Crippen molar-refractivity contribution in [2.45, 2.75) is 84.3 Å². The Kier molecular flexibility index (Phi) is 5.70. The van der Waals surface area contributed by atoms with Gasteiger partial charge in [-0.15, -0.1) is 0 Å². The predicted molar refractivity (Wildman–Crippen MR) is 83.5 cm³/mol. The van der Waals surface area contributed by atoms with Gasteiger partial charge in [0.15, 0.2) is 0 Å². The molecular weight excluding hydrogens is 232 g/mol. The van der Waals surface area contributed by atoms with E-state index < -0.39 is 0 Å². The number of hydrogen-bond donors (Lipinski definition) is 0. The van der Waals surface area contributed by atoms with E-state index in [1.54, 1.807) is 0 Å². The van der Waals surface area contributed by atoms with Gasteiger partial charge in [-0.1, -0.05) is 46.0 Å². The molecule has 1 saturated heterocycles. The number of nitrogens with zero attached hydrogens (tertiary/aromatic N) is 2. The van der Waals surface area contributed by atoms with Crippen molar-refractivity contribution in [1.29, 1.82) is 0 Å². The summed E-state index contributed by atoms with van der Waals surface area (Å²) >= 11 is 0. The van der Waals surface area contributed by atoms with Crippen molar-refractivity contribution >= 4 is 0 Å². The van der Waals surface area contributed by atoms with Gasteiger partial charge in [-0.05, 0) is 39.3 Å². The molecule has 0 bridgehead atoms. The molecule has 0 aromatic carbocycles. The Morgan fingerprint density at radius 2 is 1.63 bits per heavy atom. The summed E-state index contributed by atoms with van der Waals surface area (Å²) in [6.45, 7) is 13.2. The van der Waals surface area contributed by atoms with Crippen LogP contribution in [0.4, 0.5) is 0 Å². The molecule has 3 atom stereocenters. The summed E-state index contributed by atoms with van der Waals surface area (Å²) in [6.07, 6.45) is 8.85. The third-order valence-electron chi connectivity index (χ3n) is 5.68. The third-order valence-corrected chi connectivity index (χ3v) is 5.68. The quantitative estimate of drug-likeness (QED) is 0.764. The Hall–Kier alpha value is -0.0800. The highest BCUT2D eigenvalue weighted by atomic mass is 15.3. The summed E-state index contributed by atoms with van der Waals surface area (Å²) in [4.78, 5) is 5.48. The van der Waals surface area contributed by atoms with Crippen molar-refractivity contribution in [3.05, 3.63) is 0 Å². The molecule has 1 aliphatic heterocycles. The average molecular weight is 266 g/mol. The zero-order valence-corrected chi connectivity index (χ0v) is 13.6. The van der Waals surface area contributed by atoms with Crippen molar-refractivity contribution in [1.82, 2.24) is 9.80 Å². The van der Waals surface area contributed by atoms with E-state index in [9.17, 15) is 0 Å². The van der Waals surface area contributed by atoms with Crippen LogP contribution in [0, 0.1) is 5.92 Å². The minimum absolute atomic E-state index is 0.725. The molecule has 0 spiro atoms. The molecule has 1 aliphatic carbocycles. The summed E-state index contributed by atoms with van der Waals surface area (Å²) in [5.41, 5.74) is 0. The molecule has 2 fully saturated rings. The molecule has 0 aromatic rings. The molecule has 2 nitrogen and oxygen atoms in total. The second-order valence-corrected chi connectivity index (χ2v) is 6.81. The lowest BCUT2D eigenvalue weighted by Gasteiger charge is -2.50. The van der Waals surface area contributed by atoms with Crippen LogP contribution in [0.1, 0.15) is 66.2 Å². The normalized spacial score (nSPS) is 35.7. The van der Waals surface area contributed by atoms with Crippen LogP contribution in [-0.2, 0) is 0 Å². The summed E-state index contributed by atoms with van der Waals surface area (Å²) < 4.78 is 0. The molecule has 2 aliphatic rings. The van der Waals surface area contributed by atoms with Gasteiger partial charge in [0.1, 0.15) is 0 Å². The second kappa shape index (κ2) is 7.08. The van der Waals surface area contributed by atoms with E-state index in [0.717, 1.165) is 24.0 Å². The second-order valence-electron chi connectivity index (χ2n) is 6.81. The van der Waals surface area contributed by atoms with Gasteiger partial charge in [-0.2, -0.15) is 0 Å². The van der Waals surface area contributed by atoms with Crippen molar-refractivity contribution in [2.24, 2.45) is 5.92 Å². The van der Waals surface area contributed by atoms with E-state index in [0.29, 0.717) is 0 Å². The summed E-state index contributed by atoms with van der Waals surface area (Å²) in [7, 11) is 0. The standard InChI is InChI=1S/C17H34N2/c1-5-18-13-14(3)19(6-2)15(4)17(18)12-16-10-8-7-9-11-16/h14-17H,5-13H2,1-4H3. The van der Waals surface area contributed by atoms with Crippen LogP contribution in [0.25, 0.3) is 0 Å². The Morgan fingerprint density at radius 3 is 2.21 bits per heavy atom. The van der Waals surface area contributed by atoms with Crippen LogP contribution in [0.2, 0.25) is 0 Å². The molecule has 0 N–H and O–H groups in total. The Balaban J connectivity index is 2.01. The minimum Gasteiger partial charge on any atom is -0.298 e. The van der Waals surface area contributed by atoms with Gasteiger partial charge in [0, 0.05) is 24.7 Å². The zero-order valence-electron chi connectivity index (χ0n) is 13.6. The first-order valence-corrected chi connectivity index (χ1v) is 8.67. The molecule has 2 rings (SSSR count). The fourth-order valence-corrected chi connectivity index (χ4v) is 4.58. The van der Waals surface area contributed by atoms with Gasteiger partial charge in [-0.3, -0.25) is 9.80 Å². The molecule has 112 valence electrons. The third kappa shape index (κ3) is 3.52. The minimum atomic E-state index is 0.725. The summed E-state index contributed by atoms with van der Waals surface area (Å²) in [5, 5.41) is 0. The van der Waals surface area contributed by atoms with Crippen LogP contribution >= 0.6 is 0 Å². The summed E-state index contributed by atoms with van der Waals surface area (Å²) in [6, 6.07) is 2.25. The van der Waals surface area contributed by atoms with E-state index in [2.05, 4.69) is 37.5 Å². The smallest absolute Gasteiger partial charge is 0.0252 e. The maximum Gasteiger partial charge on any atom is 0.0252 e. The van der Waals surface area contributed by atoms with Crippen molar-refractivity contribution in [3.8, 4) is 0 Å². The van der Waals surface area contributed by atoms with Gasteiger partial charge >= 0.3 is 0 Å². The molecule has 19 heavy (non-hydrogen) atoms. The van der Waals surface area contributed by atoms with Gasteiger partial charge in [0.05, 0.1) is 0 Å². The lowest BCUT2D eigenvalue weighted by atomic mass is 9.82. The van der Waals surface area contributed by atoms with E-state index in [-0.39, 0.29) is 0 Å². The largest absolute Gasteiger partial charge is 0.298 e. The molecular formula is C17H34N2. The number of rotatable bonds is 4. The molecule has 0 aromatic heterocycles. The Bertz CT molecular complexity index is 260. The monoisotopic (exact) mass is 266 g/mol. The molecule has 0 radical (unpaired) electrons. The predicted octanol–water partition coefficient (Wildman–Crippen LogP) is 3.76. The molecule has 1 heterocycles. The highest BCUT2D eigenvalue weighted by molar-refractivity contribution is 4.93. The highest BCUT2D eigenvalue weighted by Gasteiger charge is 2.37. The lowest BCUT2D eigenvalue weighted by molar-refractivity contribution is -0.0147.